The maximum absolute atomic E-state index is 12.5. The fourth-order valence-corrected chi connectivity index (χ4v) is 3.07. The van der Waals surface area contributed by atoms with Crippen LogP contribution in [0, 0.1) is 17.8 Å². The molecule has 0 heterocycles. The summed E-state index contributed by atoms with van der Waals surface area (Å²) in [6, 6.07) is 6.66. The summed E-state index contributed by atoms with van der Waals surface area (Å²) in [5.41, 5.74) is 0.904. The van der Waals surface area contributed by atoms with E-state index in [0.717, 1.165) is 5.56 Å². The fourth-order valence-electron chi connectivity index (χ4n) is 3.07. The second kappa shape index (κ2) is 6.16. The van der Waals surface area contributed by atoms with E-state index in [0.29, 0.717) is 19.4 Å². The van der Waals surface area contributed by atoms with Gasteiger partial charge in [-0.25, -0.2) is 0 Å². The fraction of sp³-hybridized carbons (Fsp3) is 0.500. The van der Waals surface area contributed by atoms with Crippen molar-refractivity contribution in [2.45, 2.75) is 26.3 Å². The number of hydrogen-bond donors (Lipinski definition) is 2. The van der Waals surface area contributed by atoms with E-state index < -0.39 is 17.8 Å². The predicted octanol–water partition coefficient (Wildman–Crippen LogP) is 2.10. The van der Waals surface area contributed by atoms with E-state index >= 15 is 0 Å². The van der Waals surface area contributed by atoms with Crippen LogP contribution in [-0.2, 0) is 16.1 Å². The molecule has 2 N–H and O–H groups in total. The van der Waals surface area contributed by atoms with Crippen LogP contribution in [0.5, 0.6) is 5.75 Å². The molecule has 1 aromatic rings. The predicted molar refractivity (Wildman–Crippen MR) is 77.6 cm³/mol. The van der Waals surface area contributed by atoms with Crippen molar-refractivity contribution in [3.8, 4) is 5.75 Å². The number of carbonyl (C=O) groups excluding carboxylic acids is 1. The van der Waals surface area contributed by atoms with E-state index in [1.807, 2.05) is 6.92 Å². The van der Waals surface area contributed by atoms with E-state index in [-0.39, 0.29) is 17.6 Å². The van der Waals surface area contributed by atoms with Gasteiger partial charge in [-0.2, -0.15) is 0 Å². The van der Waals surface area contributed by atoms with Gasteiger partial charge in [0.15, 0.2) is 0 Å². The normalized spacial score (nSPS) is 24.8. The third kappa shape index (κ3) is 3.54. The minimum Gasteiger partial charge on any atom is -0.508 e. The van der Waals surface area contributed by atoms with Crippen molar-refractivity contribution in [1.82, 2.24) is 4.90 Å². The van der Waals surface area contributed by atoms with Gasteiger partial charge in [-0.3, -0.25) is 9.59 Å². The molecule has 5 heteroatoms. The molecule has 0 bridgehead atoms. The van der Waals surface area contributed by atoms with Crippen LogP contribution in [0.1, 0.15) is 25.3 Å². The zero-order valence-corrected chi connectivity index (χ0v) is 12.3. The van der Waals surface area contributed by atoms with Crippen molar-refractivity contribution in [3.05, 3.63) is 29.8 Å². The molecule has 1 aliphatic rings. The van der Waals surface area contributed by atoms with Gasteiger partial charge in [0, 0.05) is 13.6 Å². The van der Waals surface area contributed by atoms with Crippen LogP contribution in [0.15, 0.2) is 24.3 Å². The van der Waals surface area contributed by atoms with Gasteiger partial charge >= 0.3 is 5.97 Å². The SMILES string of the molecule is CC1CC(C(=O)O)C(C(=O)N(C)Cc2ccc(O)cc2)C1. The first-order valence-electron chi connectivity index (χ1n) is 7.14. The Hall–Kier alpha value is -2.04. The van der Waals surface area contributed by atoms with Gasteiger partial charge < -0.3 is 15.1 Å². The van der Waals surface area contributed by atoms with Crippen molar-refractivity contribution < 1.29 is 19.8 Å². The summed E-state index contributed by atoms with van der Waals surface area (Å²) in [7, 11) is 1.69. The summed E-state index contributed by atoms with van der Waals surface area (Å²) in [6.07, 6.45) is 1.20. The molecule has 0 saturated heterocycles. The molecular weight excluding hydrogens is 270 g/mol. The Balaban J connectivity index is 2.04. The molecule has 0 spiro atoms. The number of amides is 1. The number of nitrogens with zero attached hydrogens (tertiary/aromatic N) is 1. The van der Waals surface area contributed by atoms with Crippen molar-refractivity contribution in [2.24, 2.45) is 17.8 Å². The molecule has 2 rings (SSSR count). The molecule has 3 atom stereocenters. The van der Waals surface area contributed by atoms with E-state index in [9.17, 15) is 19.8 Å². The molecule has 1 saturated carbocycles. The molecule has 1 aliphatic carbocycles. The van der Waals surface area contributed by atoms with Crippen molar-refractivity contribution in [2.75, 3.05) is 7.05 Å². The highest BCUT2D eigenvalue weighted by molar-refractivity contribution is 5.85. The smallest absolute Gasteiger partial charge is 0.307 e. The number of carboxylic acids is 1. The van der Waals surface area contributed by atoms with Crippen LogP contribution in [-0.4, -0.2) is 34.0 Å². The van der Waals surface area contributed by atoms with Gasteiger partial charge in [0.05, 0.1) is 11.8 Å². The summed E-state index contributed by atoms with van der Waals surface area (Å²) < 4.78 is 0. The van der Waals surface area contributed by atoms with Gasteiger partial charge in [-0.05, 0) is 36.5 Å². The maximum atomic E-state index is 12.5. The van der Waals surface area contributed by atoms with Gasteiger partial charge in [-0.1, -0.05) is 19.1 Å². The third-order valence-corrected chi connectivity index (χ3v) is 4.17. The summed E-state index contributed by atoms with van der Waals surface area (Å²) in [6.45, 7) is 2.40. The maximum Gasteiger partial charge on any atom is 0.307 e. The van der Waals surface area contributed by atoms with E-state index in [4.69, 9.17) is 0 Å². The zero-order valence-electron chi connectivity index (χ0n) is 12.3. The Morgan fingerprint density at radius 2 is 1.76 bits per heavy atom. The van der Waals surface area contributed by atoms with Crippen molar-refractivity contribution in [1.29, 1.82) is 0 Å². The number of hydrogen-bond acceptors (Lipinski definition) is 3. The lowest BCUT2D eigenvalue weighted by atomic mass is 9.94. The van der Waals surface area contributed by atoms with Crippen LogP contribution in [0.3, 0.4) is 0 Å². The lowest BCUT2D eigenvalue weighted by Gasteiger charge is -2.23. The van der Waals surface area contributed by atoms with Crippen molar-refractivity contribution >= 4 is 11.9 Å². The van der Waals surface area contributed by atoms with Crippen LogP contribution < -0.4 is 0 Å². The molecule has 0 radical (unpaired) electrons. The minimum absolute atomic E-state index is 0.111. The molecule has 21 heavy (non-hydrogen) atoms. The molecule has 1 amide bonds. The molecule has 0 aliphatic heterocycles. The monoisotopic (exact) mass is 291 g/mol. The average molecular weight is 291 g/mol. The lowest BCUT2D eigenvalue weighted by molar-refractivity contribution is -0.148. The Bertz CT molecular complexity index is 526. The first-order valence-corrected chi connectivity index (χ1v) is 7.14. The Morgan fingerprint density at radius 1 is 1.19 bits per heavy atom. The Labute approximate surface area is 124 Å². The number of aromatic hydroxyl groups is 1. The largest absolute Gasteiger partial charge is 0.508 e. The molecule has 3 unspecified atom stereocenters. The number of aliphatic carboxylic acids is 1. The second-order valence-corrected chi connectivity index (χ2v) is 5.99. The van der Waals surface area contributed by atoms with Crippen LogP contribution in [0.4, 0.5) is 0 Å². The van der Waals surface area contributed by atoms with Gasteiger partial charge in [0.25, 0.3) is 0 Å². The van der Waals surface area contributed by atoms with Crippen LogP contribution in [0.2, 0.25) is 0 Å². The standard InChI is InChI=1S/C16H21NO4/c1-10-7-13(14(8-10)16(20)21)15(19)17(2)9-11-3-5-12(18)6-4-11/h3-6,10,13-14,18H,7-9H2,1-2H3,(H,20,21). The molecule has 1 aromatic carbocycles. The minimum atomic E-state index is -0.879. The van der Waals surface area contributed by atoms with Gasteiger partial charge in [0.2, 0.25) is 5.91 Å². The van der Waals surface area contributed by atoms with E-state index in [1.165, 1.54) is 0 Å². The highest BCUT2D eigenvalue weighted by atomic mass is 16.4. The summed E-state index contributed by atoms with van der Waals surface area (Å²) >= 11 is 0. The van der Waals surface area contributed by atoms with E-state index in [1.54, 1.807) is 36.2 Å². The third-order valence-electron chi connectivity index (χ3n) is 4.17. The van der Waals surface area contributed by atoms with Crippen LogP contribution >= 0.6 is 0 Å². The molecule has 0 aromatic heterocycles. The van der Waals surface area contributed by atoms with Gasteiger partial charge in [0.1, 0.15) is 5.75 Å². The Morgan fingerprint density at radius 3 is 2.33 bits per heavy atom. The topological polar surface area (TPSA) is 77.8 Å². The molecule has 1 fully saturated rings. The summed E-state index contributed by atoms with van der Waals surface area (Å²) in [5, 5.41) is 18.5. The number of rotatable bonds is 4. The van der Waals surface area contributed by atoms with Gasteiger partial charge in [-0.15, -0.1) is 0 Å². The zero-order chi connectivity index (χ0) is 15.6. The van der Waals surface area contributed by atoms with Crippen LogP contribution in [0.25, 0.3) is 0 Å². The molecular formula is C16H21NO4. The first kappa shape index (κ1) is 15.4. The summed E-state index contributed by atoms with van der Waals surface area (Å²) in [5.74, 6) is -1.55. The number of carbonyl (C=O) groups is 2. The van der Waals surface area contributed by atoms with Crippen molar-refractivity contribution in [3.63, 3.8) is 0 Å². The number of benzene rings is 1. The highest BCUT2D eigenvalue weighted by Gasteiger charge is 2.42. The lowest BCUT2D eigenvalue weighted by Crippen LogP contribution is -2.36. The highest BCUT2D eigenvalue weighted by Crippen LogP contribution is 2.37. The second-order valence-electron chi connectivity index (χ2n) is 5.99. The molecule has 5 nitrogen and oxygen atoms in total. The summed E-state index contributed by atoms with van der Waals surface area (Å²) in [4.78, 5) is 25.3. The van der Waals surface area contributed by atoms with E-state index in [2.05, 4.69) is 0 Å². The average Bonchev–Trinajstić information content (AvgIpc) is 2.82. The quantitative estimate of drug-likeness (QED) is 0.890. The number of phenols is 1. The molecule has 114 valence electrons. The first-order chi connectivity index (χ1) is 9.88. The number of carboxylic acid groups (broad SMARTS) is 1. The Kier molecular flexibility index (Phi) is 4.50. The number of phenolic OH excluding ortho intramolecular Hbond substituents is 1.